The van der Waals surface area contributed by atoms with Crippen LogP contribution >= 0.6 is 0 Å². The highest BCUT2D eigenvalue weighted by molar-refractivity contribution is 5.20. The van der Waals surface area contributed by atoms with Gasteiger partial charge in [-0.25, -0.2) is 0 Å². The van der Waals surface area contributed by atoms with Crippen LogP contribution in [0.5, 0.6) is 5.75 Å². The van der Waals surface area contributed by atoms with Gasteiger partial charge in [-0.2, -0.15) is 0 Å². The SMILES string of the molecule is [c]1ccc(OCCC2CC2)cc1. The smallest absolute Gasteiger partial charge is 0.119 e. The third kappa shape index (κ3) is 2.26. The minimum Gasteiger partial charge on any atom is -0.494 e. The molecular weight excluding hydrogens is 148 g/mol. The van der Waals surface area contributed by atoms with E-state index in [0.717, 1.165) is 18.3 Å². The minimum atomic E-state index is 0.870. The first kappa shape index (κ1) is 7.66. The Bertz CT molecular complexity index is 226. The lowest BCUT2D eigenvalue weighted by Gasteiger charge is -2.03. The third-order valence-corrected chi connectivity index (χ3v) is 2.18. The lowest BCUT2D eigenvalue weighted by molar-refractivity contribution is 0.302. The first-order valence-electron chi connectivity index (χ1n) is 4.54. The van der Waals surface area contributed by atoms with Crippen molar-refractivity contribution in [3.63, 3.8) is 0 Å². The average Bonchev–Trinajstić information content (AvgIpc) is 2.90. The highest BCUT2D eigenvalue weighted by Gasteiger charge is 2.20. The molecule has 1 nitrogen and oxygen atoms in total. The van der Waals surface area contributed by atoms with Crippen LogP contribution < -0.4 is 4.74 Å². The molecule has 0 bridgehead atoms. The molecular formula is C11H13O. The molecule has 12 heavy (non-hydrogen) atoms. The predicted molar refractivity (Wildman–Crippen MR) is 48.1 cm³/mol. The van der Waals surface area contributed by atoms with Crippen molar-refractivity contribution < 1.29 is 4.74 Å². The molecule has 0 amide bonds. The van der Waals surface area contributed by atoms with E-state index in [2.05, 4.69) is 6.07 Å². The molecule has 0 unspecified atom stereocenters. The zero-order valence-corrected chi connectivity index (χ0v) is 7.12. The fourth-order valence-corrected chi connectivity index (χ4v) is 1.22. The van der Waals surface area contributed by atoms with Crippen molar-refractivity contribution in [3.05, 3.63) is 30.3 Å². The van der Waals surface area contributed by atoms with Crippen LogP contribution in [0.4, 0.5) is 0 Å². The molecule has 0 heterocycles. The van der Waals surface area contributed by atoms with Gasteiger partial charge in [-0.1, -0.05) is 25.0 Å². The van der Waals surface area contributed by atoms with E-state index in [-0.39, 0.29) is 0 Å². The van der Waals surface area contributed by atoms with Gasteiger partial charge in [0.1, 0.15) is 5.75 Å². The second kappa shape index (κ2) is 3.61. The first-order chi connectivity index (χ1) is 5.95. The number of ether oxygens (including phenoxy) is 1. The normalized spacial score (nSPS) is 16.0. The van der Waals surface area contributed by atoms with Crippen molar-refractivity contribution in [1.29, 1.82) is 0 Å². The summed E-state index contributed by atoms with van der Waals surface area (Å²) in [6.45, 7) is 0.870. The van der Waals surface area contributed by atoms with Crippen LogP contribution in [0.1, 0.15) is 19.3 Å². The Balaban J connectivity index is 1.72. The highest BCUT2D eigenvalue weighted by Crippen LogP contribution is 2.32. The van der Waals surface area contributed by atoms with Gasteiger partial charge in [-0.05, 0) is 30.5 Å². The van der Waals surface area contributed by atoms with Gasteiger partial charge in [0, 0.05) is 0 Å². The summed E-state index contributed by atoms with van der Waals surface area (Å²) < 4.78 is 5.54. The standard InChI is InChI=1S/C11H13O/c1-2-4-11(5-3-1)12-9-8-10-6-7-10/h2-5,10H,6-9H2. The van der Waals surface area contributed by atoms with Gasteiger partial charge in [0.05, 0.1) is 6.61 Å². The fraction of sp³-hybridized carbons (Fsp3) is 0.455. The monoisotopic (exact) mass is 161 g/mol. The van der Waals surface area contributed by atoms with Crippen molar-refractivity contribution in [2.75, 3.05) is 6.61 Å². The molecule has 1 fully saturated rings. The zero-order valence-electron chi connectivity index (χ0n) is 7.12. The van der Waals surface area contributed by atoms with Gasteiger partial charge in [0.15, 0.2) is 0 Å². The number of rotatable bonds is 4. The maximum absolute atomic E-state index is 5.54. The summed E-state index contributed by atoms with van der Waals surface area (Å²) in [7, 11) is 0. The summed E-state index contributed by atoms with van der Waals surface area (Å²) in [5.74, 6) is 1.93. The summed E-state index contributed by atoms with van der Waals surface area (Å²) in [5, 5.41) is 0. The third-order valence-electron chi connectivity index (χ3n) is 2.18. The molecule has 1 aromatic carbocycles. The van der Waals surface area contributed by atoms with Crippen LogP contribution in [0.3, 0.4) is 0 Å². The molecule has 0 saturated heterocycles. The number of hydrogen-bond donors (Lipinski definition) is 0. The minimum absolute atomic E-state index is 0.870. The molecule has 2 rings (SSSR count). The van der Waals surface area contributed by atoms with Crippen LogP contribution in [0, 0.1) is 12.0 Å². The molecule has 1 aliphatic rings. The molecule has 1 aliphatic carbocycles. The second-order valence-electron chi connectivity index (χ2n) is 3.32. The van der Waals surface area contributed by atoms with E-state index in [0.29, 0.717) is 0 Å². The van der Waals surface area contributed by atoms with Gasteiger partial charge < -0.3 is 4.74 Å². The molecule has 0 N–H and O–H groups in total. The van der Waals surface area contributed by atoms with Crippen molar-refractivity contribution in [2.24, 2.45) is 5.92 Å². The first-order valence-corrected chi connectivity index (χ1v) is 4.54. The molecule has 1 saturated carbocycles. The Morgan fingerprint density at radius 1 is 1.33 bits per heavy atom. The second-order valence-corrected chi connectivity index (χ2v) is 3.32. The fourth-order valence-electron chi connectivity index (χ4n) is 1.22. The summed E-state index contributed by atoms with van der Waals surface area (Å²) >= 11 is 0. The van der Waals surface area contributed by atoms with Crippen LogP contribution in [-0.4, -0.2) is 6.61 Å². The lowest BCUT2D eigenvalue weighted by Crippen LogP contribution is -1.97. The van der Waals surface area contributed by atoms with E-state index < -0.39 is 0 Å². The molecule has 0 aromatic heterocycles. The summed E-state index contributed by atoms with van der Waals surface area (Å²) in [6.07, 6.45) is 4.04. The van der Waals surface area contributed by atoms with Crippen molar-refractivity contribution in [3.8, 4) is 5.75 Å². The zero-order chi connectivity index (χ0) is 8.23. The van der Waals surface area contributed by atoms with E-state index >= 15 is 0 Å². The van der Waals surface area contributed by atoms with Gasteiger partial charge in [-0.3, -0.25) is 0 Å². The van der Waals surface area contributed by atoms with Crippen molar-refractivity contribution in [2.45, 2.75) is 19.3 Å². The van der Waals surface area contributed by atoms with Gasteiger partial charge in [-0.15, -0.1) is 0 Å². The highest BCUT2D eigenvalue weighted by atomic mass is 16.5. The van der Waals surface area contributed by atoms with Crippen LogP contribution in [-0.2, 0) is 0 Å². The predicted octanol–water partition coefficient (Wildman–Crippen LogP) is 2.67. The molecule has 1 heteroatoms. The molecule has 0 spiro atoms. The van der Waals surface area contributed by atoms with E-state index in [1.54, 1.807) is 0 Å². The number of benzene rings is 1. The molecule has 0 aliphatic heterocycles. The van der Waals surface area contributed by atoms with Crippen LogP contribution in [0.15, 0.2) is 24.3 Å². The van der Waals surface area contributed by atoms with E-state index in [4.69, 9.17) is 4.74 Å². The molecule has 63 valence electrons. The maximum Gasteiger partial charge on any atom is 0.119 e. The maximum atomic E-state index is 5.54. The Labute approximate surface area is 73.4 Å². The molecule has 1 radical (unpaired) electrons. The van der Waals surface area contributed by atoms with Crippen LogP contribution in [0.2, 0.25) is 0 Å². The van der Waals surface area contributed by atoms with Gasteiger partial charge in [0.2, 0.25) is 0 Å². The van der Waals surface area contributed by atoms with Crippen molar-refractivity contribution >= 4 is 0 Å². The average molecular weight is 161 g/mol. The summed E-state index contributed by atoms with van der Waals surface area (Å²) in [6, 6.07) is 10.6. The Kier molecular flexibility index (Phi) is 2.31. The summed E-state index contributed by atoms with van der Waals surface area (Å²) in [4.78, 5) is 0. The van der Waals surface area contributed by atoms with Gasteiger partial charge in [0.25, 0.3) is 0 Å². The number of hydrogen-bond acceptors (Lipinski definition) is 1. The lowest BCUT2D eigenvalue weighted by atomic mass is 10.3. The summed E-state index contributed by atoms with van der Waals surface area (Å²) in [5.41, 5.74) is 0. The Hall–Kier alpha value is -0.980. The Morgan fingerprint density at radius 2 is 2.08 bits per heavy atom. The Morgan fingerprint density at radius 3 is 2.75 bits per heavy atom. The van der Waals surface area contributed by atoms with E-state index in [9.17, 15) is 0 Å². The quantitative estimate of drug-likeness (QED) is 0.659. The van der Waals surface area contributed by atoms with Crippen LogP contribution in [0.25, 0.3) is 0 Å². The largest absolute Gasteiger partial charge is 0.494 e. The van der Waals surface area contributed by atoms with Crippen molar-refractivity contribution in [1.82, 2.24) is 0 Å². The van der Waals surface area contributed by atoms with E-state index in [1.807, 2.05) is 24.3 Å². The molecule has 0 atom stereocenters. The van der Waals surface area contributed by atoms with Gasteiger partial charge >= 0.3 is 0 Å². The van der Waals surface area contributed by atoms with E-state index in [1.165, 1.54) is 19.3 Å². The molecule has 1 aromatic rings. The topological polar surface area (TPSA) is 9.23 Å².